The van der Waals surface area contributed by atoms with Gasteiger partial charge in [-0.1, -0.05) is 25.1 Å². The molecule has 0 atom stereocenters. The summed E-state index contributed by atoms with van der Waals surface area (Å²) in [6.45, 7) is 3.22. The summed E-state index contributed by atoms with van der Waals surface area (Å²) in [7, 11) is 1.63. The number of ether oxygens (including phenoxy) is 2. The minimum absolute atomic E-state index is 0.147. The van der Waals surface area contributed by atoms with Crippen LogP contribution in [0.5, 0.6) is 11.5 Å². The van der Waals surface area contributed by atoms with Crippen molar-refractivity contribution >= 4 is 17.6 Å². The quantitative estimate of drug-likeness (QED) is 0.578. The van der Waals surface area contributed by atoms with Gasteiger partial charge in [0.05, 0.1) is 19.4 Å². The molecule has 0 spiro atoms. The average molecular weight is 379 g/mol. The van der Waals surface area contributed by atoms with E-state index < -0.39 is 0 Å². The Labute approximate surface area is 164 Å². The highest BCUT2D eigenvalue weighted by Gasteiger charge is 2.07. The van der Waals surface area contributed by atoms with Crippen LogP contribution in [0.3, 0.4) is 0 Å². The Balaban J connectivity index is 1.54. The number of fused-ring (bicyclic) bond motifs is 1. The zero-order valence-corrected chi connectivity index (χ0v) is 16.2. The molecular weight excluding hydrogens is 354 g/mol. The molecular formula is C22H25N3O3. The van der Waals surface area contributed by atoms with Crippen molar-refractivity contribution in [2.75, 3.05) is 20.3 Å². The maximum atomic E-state index is 12.1. The summed E-state index contributed by atoms with van der Waals surface area (Å²) in [6.07, 6.45) is 8.75. The fourth-order valence-corrected chi connectivity index (χ4v) is 2.82. The number of amides is 1. The smallest absolute Gasteiger partial charge is 0.244 e. The van der Waals surface area contributed by atoms with Gasteiger partial charge in [0.25, 0.3) is 0 Å². The predicted molar refractivity (Wildman–Crippen MR) is 110 cm³/mol. The van der Waals surface area contributed by atoms with E-state index in [4.69, 9.17) is 9.47 Å². The van der Waals surface area contributed by atoms with E-state index >= 15 is 0 Å². The monoisotopic (exact) mass is 379 g/mol. The molecule has 0 aliphatic rings. The van der Waals surface area contributed by atoms with Crippen LogP contribution in [-0.4, -0.2) is 35.6 Å². The molecule has 0 saturated heterocycles. The van der Waals surface area contributed by atoms with Gasteiger partial charge in [-0.25, -0.2) is 4.98 Å². The molecule has 6 nitrogen and oxygen atoms in total. The molecule has 2 aromatic heterocycles. The van der Waals surface area contributed by atoms with Crippen molar-refractivity contribution in [3.05, 3.63) is 66.1 Å². The molecule has 0 unspecified atom stereocenters. The van der Waals surface area contributed by atoms with Gasteiger partial charge >= 0.3 is 0 Å². The largest absolute Gasteiger partial charge is 0.493 e. The molecule has 0 aliphatic carbocycles. The summed E-state index contributed by atoms with van der Waals surface area (Å²) in [5.41, 5.74) is 2.56. The van der Waals surface area contributed by atoms with Gasteiger partial charge < -0.3 is 19.2 Å². The minimum atomic E-state index is -0.147. The van der Waals surface area contributed by atoms with Crippen LogP contribution < -0.4 is 14.8 Å². The molecule has 0 saturated carbocycles. The van der Waals surface area contributed by atoms with Crippen molar-refractivity contribution in [1.29, 1.82) is 0 Å². The van der Waals surface area contributed by atoms with Gasteiger partial charge in [0.1, 0.15) is 5.75 Å². The Bertz CT molecular complexity index is 963. The van der Waals surface area contributed by atoms with Gasteiger partial charge in [0, 0.05) is 37.0 Å². The third-order valence-corrected chi connectivity index (χ3v) is 4.19. The summed E-state index contributed by atoms with van der Waals surface area (Å²) in [5.74, 6) is 1.36. The molecule has 1 amide bonds. The van der Waals surface area contributed by atoms with E-state index in [1.807, 2.05) is 53.2 Å². The van der Waals surface area contributed by atoms with E-state index in [1.54, 1.807) is 13.2 Å². The van der Waals surface area contributed by atoms with Gasteiger partial charge in [-0.3, -0.25) is 4.79 Å². The topological polar surface area (TPSA) is 64.9 Å². The number of hydrogen-bond acceptors (Lipinski definition) is 4. The van der Waals surface area contributed by atoms with Crippen LogP contribution in [0.15, 0.2) is 54.9 Å². The maximum Gasteiger partial charge on any atom is 0.244 e. The van der Waals surface area contributed by atoms with Crippen molar-refractivity contribution in [2.24, 2.45) is 0 Å². The summed E-state index contributed by atoms with van der Waals surface area (Å²) >= 11 is 0. The lowest BCUT2D eigenvalue weighted by Crippen LogP contribution is -2.23. The Morgan fingerprint density at radius 1 is 1.21 bits per heavy atom. The van der Waals surface area contributed by atoms with Gasteiger partial charge in [0.15, 0.2) is 11.4 Å². The van der Waals surface area contributed by atoms with Crippen molar-refractivity contribution in [1.82, 2.24) is 14.7 Å². The number of benzene rings is 1. The van der Waals surface area contributed by atoms with Crippen LogP contribution in [-0.2, 0) is 11.2 Å². The third kappa shape index (κ3) is 4.91. The number of para-hydroxylation sites is 1. The van der Waals surface area contributed by atoms with E-state index in [0.29, 0.717) is 19.6 Å². The van der Waals surface area contributed by atoms with Crippen LogP contribution in [0.4, 0.5) is 0 Å². The summed E-state index contributed by atoms with van der Waals surface area (Å²) in [4.78, 5) is 16.7. The number of nitrogens with zero attached hydrogens (tertiary/aromatic N) is 2. The SMILES string of the molecule is CCCOc1ccccc1/C=C/C(=O)NCCc1cn2cccc(OC)c2n1. The zero-order chi connectivity index (χ0) is 19.8. The third-order valence-electron chi connectivity index (χ3n) is 4.19. The Hall–Kier alpha value is -3.28. The van der Waals surface area contributed by atoms with Gasteiger partial charge in [0.2, 0.25) is 5.91 Å². The number of carbonyl (C=O) groups is 1. The predicted octanol–water partition coefficient (Wildman–Crippen LogP) is 3.50. The number of rotatable bonds is 9. The first kappa shape index (κ1) is 19.5. The number of methoxy groups -OCH3 is 1. The molecule has 6 heteroatoms. The molecule has 0 bridgehead atoms. The fraction of sp³-hybridized carbons (Fsp3) is 0.273. The van der Waals surface area contributed by atoms with E-state index in [1.165, 1.54) is 6.08 Å². The normalized spacial score (nSPS) is 11.1. The van der Waals surface area contributed by atoms with Crippen molar-refractivity contribution in [2.45, 2.75) is 19.8 Å². The molecule has 3 aromatic rings. The molecule has 146 valence electrons. The minimum Gasteiger partial charge on any atom is -0.493 e. The highest BCUT2D eigenvalue weighted by molar-refractivity contribution is 5.92. The Kier molecular flexibility index (Phi) is 6.68. The Morgan fingerprint density at radius 3 is 2.86 bits per heavy atom. The van der Waals surface area contributed by atoms with Gasteiger partial charge in [-0.05, 0) is 30.7 Å². The van der Waals surface area contributed by atoms with E-state index in [0.717, 1.165) is 34.8 Å². The van der Waals surface area contributed by atoms with E-state index in [9.17, 15) is 4.79 Å². The fourth-order valence-electron chi connectivity index (χ4n) is 2.82. The molecule has 0 radical (unpaired) electrons. The van der Waals surface area contributed by atoms with Gasteiger partial charge in [-0.2, -0.15) is 0 Å². The number of imidazole rings is 1. The summed E-state index contributed by atoms with van der Waals surface area (Å²) in [6, 6.07) is 11.5. The second-order valence-corrected chi connectivity index (χ2v) is 6.30. The van der Waals surface area contributed by atoms with Gasteiger partial charge in [-0.15, -0.1) is 0 Å². The standard InChI is InChI=1S/C22H25N3O3/c1-3-15-28-19-8-5-4-7-17(19)10-11-21(26)23-13-12-18-16-25-14-6-9-20(27-2)22(25)24-18/h4-11,14,16H,3,12-13,15H2,1-2H3,(H,23,26)/b11-10+. The van der Waals surface area contributed by atoms with Crippen LogP contribution in [0.25, 0.3) is 11.7 Å². The van der Waals surface area contributed by atoms with Crippen molar-refractivity contribution in [3.8, 4) is 11.5 Å². The van der Waals surface area contributed by atoms with Crippen molar-refractivity contribution in [3.63, 3.8) is 0 Å². The van der Waals surface area contributed by atoms with Crippen LogP contribution in [0, 0.1) is 0 Å². The van der Waals surface area contributed by atoms with Crippen molar-refractivity contribution < 1.29 is 14.3 Å². The molecule has 1 N–H and O–H groups in total. The first-order valence-corrected chi connectivity index (χ1v) is 9.39. The summed E-state index contributed by atoms with van der Waals surface area (Å²) in [5, 5.41) is 2.89. The first-order chi connectivity index (χ1) is 13.7. The molecule has 0 aliphatic heterocycles. The number of carbonyl (C=O) groups excluding carboxylic acids is 1. The van der Waals surface area contributed by atoms with E-state index in [2.05, 4.69) is 17.2 Å². The van der Waals surface area contributed by atoms with Crippen LogP contribution in [0.1, 0.15) is 24.6 Å². The number of nitrogens with one attached hydrogen (secondary N) is 1. The molecule has 2 heterocycles. The lowest BCUT2D eigenvalue weighted by molar-refractivity contribution is -0.116. The second kappa shape index (κ2) is 9.60. The average Bonchev–Trinajstić information content (AvgIpc) is 3.14. The molecule has 28 heavy (non-hydrogen) atoms. The highest BCUT2D eigenvalue weighted by Crippen LogP contribution is 2.20. The maximum absolute atomic E-state index is 12.1. The number of pyridine rings is 1. The number of aromatic nitrogens is 2. The zero-order valence-electron chi connectivity index (χ0n) is 16.2. The van der Waals surface area contributed by atoms with Crippen LogP contribution in [0.2, 0.25) is 0 Å². The lowest BCUT2D eigenvalue weighted by Gasteiger charge is -2.07. The first-order valence-electron chi connectivity index (χ1n) is 9.39. The number of hydrogen-bond donors (Lipinski definition) is 1. The van der Waals surface area contributed by atoms with E-state index in [-0.39, 0.29) is 5.91 Å². The molecule has 3 rings (SSSR count). The second-order valence-electron chi connectivity index (χ2n) is 6.30. The van der Waals surface area contributed by atoms with Crippen LogP contribution >= 0.6 is 0 Å². The lowest BCUT2D eigenvalue weighted by atomic mass is 10.2. The highest BCUT2D eigenvalue weighted by atomic mass is 16.5. The molecule has 0 fully saturated rings. The molecule has 1 aromatic carbocycles. The Morgan fingerprint density at radius 2 is 2.04 bits per heavy atom. The summed E-state index contributed by atoms with van der Waals surface area (Å²) < 4.78 is 12.9.